The molecule has 7 nitrogen and oxygen atoms in total. The fourth-order valence-electron chi connectivity index (χ4n) is 3.85. The molecule has 154 valence electrons. The number of carbonyl (C=O) groups excluding carboxylic acids is 1. The van der Waals surface area contributed by atoms with E-state index in [9.17, 15) is 9.18 Å². The van der Waals surface area contributed by atoms with Gasteiger partial charge >= 0.3 is 0 Å². The molecule has 3 N–H and O–H groups in total. The molecule has 2 aromatic heterocycles. The van der Waals surface area contributed by atoms with Gasteiger partial charge in [0.25, 0.3) is 0 Å². The number of fused-ring (bicyclic) bond motifs is 1. The van der Waals surface area contributed by atoms with Crippen molar-refractivity contribution in [3.8, 4) is 22.5 Å². The van der Waals surface area contributed by atoms with Crippen molar-refractivity contribution in [1.29, 1.82) is 0 Å². The van der Waals surface area contributed by atoms with Gasteiger partial charge in [0.2, 0.25) is 17.6 Å². The van der Waals surface area contributed by atoms with Gasteiger partial charge in [-0.1, -0.05) is 16.8 Å². The lowest BCUT2D eigenvalue weighted by molar-refractivity contribution is -0.124. The molecule has 0 spiro atoms. The lowest BCUT2D eigenvalue weighted by Crippen LogP contribution is -2.43. The van der Waals surface area contributed by atoms with E-state index in [0.717, 1.165) is 24.1 Å². The lowest BCUT2D eigenvalue weighted by Gasteiger charge is -2.17. The zero-order chi connectivity index (χ0) is 21.0. The quantitative estimate of drug-likeness (QED) is 0.660. The minimum absolute atomic E-state index is 0.127. The highest BCUT2D eigenvalue weighted by atomic mass is 35.5. The van der Waals surface area contributed by atoms with Gasteiger partial charge in [0.15, 0.2) is 0 Å². The van der Waals surface area contributed by atoms with Crippen LogP contribution in [0.25, 0.3) is 22.5 Å². The van der Waals surface area contributed by atoms with Crippen LogP contribution >= 0.6 is 11.6 Å². The van der Waals surface area contributed by atoms with E-state index in [2.05, 4.69) is 20.4 Å². The zero-order valence-electron chi connectivity index (χ0n) is 16.2. The van der Waals surface area contributed by atoms with Crippen molar-refractivity contribution in [3.05, 3.63) is 52.4 Å². The van der Waals surface area contributed by atoms with Gasteiger partial charge in [-0.15, -0.1) is 0 Å². The van der Waals surface area contributed by atoms with E-state index >= 15 is 0 Å². The van der Waals surface area contributed by atoms with Crippen LogP contribution in [0.15, 0.2) is 28.9 Å². The van der Waals surface area contributed by atoms with Crippen molar-refractivity contribution in [2.24, 2.45) is 5.73 Å². The molecule has 1 unspecified atom stereocenters. The summed E-state index contributed by atoms with van der Waals surface area (Å²) in [6, 6.07) is 4.66. The first kappa shape index (κ1) is 19.1. The predicted octanol–water partition coefficient (Wildman–Crippen LogP) is 3.49. The maximum Gasteiger partial charge on any atom is 0.240 e. The Hall–Kier alpha value is -2.84. The number of hydrogen-bond acceptors (Lipinski definition) is 6. The molecule has 1 atom stereocenters. The number of hydrogen-bond donors (Lipinski definition) is 2. The Morgan fingerprint density at radius 3 is 2.87 bits per heavy atom. The Balaban J connectivity index is 1.52. The number of nitrogens with one attached hydrogen (secondary N) is 1. The van der Waals surface area contributed by atoms with Gasteiger partial charge in [0.1, 0.15) is 5.82 Å². The Labute approximate surface area is 176 Å². The second kappa shape index (κ2) is 6.85. The van der Waals surface area contributed by atoms with Crippen molar-refractivity contribution < 1.29 is 13.7 Å². The van der Waals surface area contributed by atoms with Crippen LogP contribution in [0.1, 0.15) is 42.5 Å². The number of carbonyl (C=O) groups is 1. The highest BCUT2D eigenvalue weighted by Gasteiger charge is 2.47. The molecular formula is C21H19ClFN5O2. The molecule has 2 aliphatic rings. The molecule has 1 amide bonds. The van der Waals surface area contributed by atoms with Crippen LogP contribution in [0.2, 0.25) is 5.02 Å². The van der Waals surface area contributed by atoms with E-state index in [1.165, 1.54) is 6.07 Å². The minimum Gasteiger partial charge on any atom is -0.346 e. The average molecular weight is 428 g/mol. The number of aromatic nitrogens is 3. The van der Waals surface area contributed by atoms with Crippen LogP contribution in [0.3, 0.4) is 0 Å². The molecule has 2 aliphatic carbocycles. The Kier molecular flexibility index (Phi) is 4.37. The third kappa shape index (κ3) is 3.26. The molecule has 0 bridgehead atoms. The van der Waals surface area contributed by atoms with Gasteiger partial charge < -0.3 is 15.6 Å². The van der Waals surface area contributed by atoms with Gasteiger partial charge in [0, 0.05) is 23.7 Å². The number of nitrogens with two attached hydrogens (primary N) is 1. The van der Waals surface area contributed by atoms with Gasteiger partial charge in [-0.3, -0.25) is 9.78 Å². The predicted molar refractivity (Wildman–Crippen MR) is 108 cm³/mol. The van der Waals surface area contributed by atoms with Gasteiger partial charge in [-0.05, 0) is 55.0 Å². The highest BCUT2D eigenvalue weighted by Crippen LogP contribution is 2.39. The second-order valence-corrected chi connectivity index (χ2v) is 8.37. The second-order valence-electron chi connectivity index (χ2n) is 7.94. The van der Waals surface area contributed by atoms with E-state index in [1.54, 1.807) is 19.2 Å². The van der Waals surface area contributed by atoms with E-state index in [-0.39, 0.29) is 28.4 Å². The number of amides is 1. The Bertz CT molecular complexity index is 1170. The molecule has 3 aromatic rings. The first-order valence-corrected chi connectivity index (χ1v) is 10.1. The summed E-state index contributed by atoms with van der Waals surface area (Å²) in [4.78, 5) is 21.1. The molecule has 2 heterocycles. The number of nitrogens with zero attached hydrogens (tertiary/aromatic N) is 3. The molecule has 0 radical (unpaired) electrons. The highest BCUT2D eigenvalue weighted by molar-refractivity contribution is 6.31. The summed E-state index contributed by atoms with van der Waals surface area (Å²) in [5.74, 6) is -0.177. The Morgan fingerprint density at radius 1 is 1.37 bits per heavy atom. The van der Waals surface area contributed by atoms with Crippen molar-refractivity contribution >= 4 is 17.5 Å². The van der Waals surface area contributed by atoms with Crippen LogP contribution in [-0.2, 0) is 11.2 Å². The van der Waals surface area contributed by atoms with Crippen molar-refractivity contribution in [2.75, 3.05) is 0 Å². The Morgan fingerprint density at radius 2 is 2.17 bits per heavy atom. The first-order valence-electron chi connectivity index (χ1n) is 9.73. The lowest BCUT2D eigenvalue weighted by atomic mass is 9.98. The number of halogens is 2. The summed E-state index contributed by atoms with van der Waals surface area (Å²) in [7, 11) is 0. The van der Waals surface area contributed by atoms with E-state index in [0.29, 0.717) is 29.9 Å². The number of benzene rings is 1. The average Bonchev–Trinajstić information content (AvgIpc) is 3.13. The van der Waals surface area contributed by atoms with Gasteiger partial charge in [-0.2, -0.15) is 4.98 Å². The van der Waals surface area contributed by atoms with Crippen molar-refractivity contribution in [1.82, 2.24) is 20.4 Å². The van der Waals surface area contributed by atoms with E-state index in [4.69, 9.17) is 21.9 Å². The van der Waals surface area contributed by atoms with Gasteiger partial charge in [-0.25, -0.2) is 4.39 Å². The molecule has 1 saturated carbocycles. The smallest absolute Gasteiger partial charge is 0.240 e. The topological polar surface area (TPSA) is 107 Å². The number of aryl methyl sites for hydroxylation is 2. The maximum absolute atomic E-state index is 14.8. The van der Waals surface area contributed by atoms with Crippen molar-refractivity contribution in [3.63, 3.8) is 0 Å². The molecular weight excluding hydrogens is 409 g/mol. The number of rotatable bonds is 4. The van der Waals surface area contributed by atoms with Crippen LogP contribution < -0.4 is 11.1 Å². The normalized spacial score (nSPS) is 18.9. The summed E-state index contributed by atoms with van der Waals surface area (Å²) in [5, 5.41) is 7.13. The van der Waals surface area contributed by atoms with Crippen LogP contribution in [0.4, 0.5) is 4.39 Å². The SMILES string of the molecule is Cc1nc(-c2c(F)cc(Cl)cc2-c2cnc3c(c2)CCC3NC(=O)C2(N)CC2)no1. The van der Waals surface area contributed by atoms with E-state index < -0.39 is 11.4 Å². The molecule has 0 saturated heterocycles. The standard InChI is InChI=1S/C21H19ClFN5O2/c1-10-26-19(28-30-10)17-14(7-13(22)8-15(17)23)12-6-11-2-3-16(18(11)25-9-12)27-20(29)21(24)4-5-21/h6-9,16H,2-5,24H2,1H3,(H,27,29). The summed E-state index contributed by atoms with van der Waals surface area (Å²) in [6.07, 6.45) is 4.57. The van der Waals surface area contributed by atoms with Crippen LogP contribution in [0, 0.1) is 12.7 Å². The fourth-order valence-corrected chi connectivity index (χ4v) is 4.06. The minimum atomic E-state index is -0.724. The first-order chi connectivity index (χ1) is 14.3. The molecule has 1 fully saturated rings. The maximum atomic E-state index is 14.8. The van der Waals surface area contributed by atoms with E-state index in [1.807, 2.05) is 6.07 Å². The molecule has 9 heteroatoms. The zero-order valence-corrected chi connectivity index (χ0v) is 17.0. The fraction of sp³-hybridized carbons (Fsp3) is 0.333. The van der Waals surface area contributed by atoms with Crippen molar-refractivity contribution in [2.45, 2.75) is 44.2 Å². The third-order valence-corrected chi connectivity index (χ3v) is 5.92. The number of pyridine rings is 1. The van der Waals surface area contributed by atoms with Gasteiger partial charge in [0.05, 0.1) is 22.8 Å². The molecule has 5 rings (SSSR count). The summed E-state index contributed by atoms with van der Waals surface area (Å²) >= 11 is 6.13. The largest absolute Gasteiger partial charge is 0.346 e. The molecule has 30 heavy (non-hydrogen) atoms. The monoisotopic (exact) mass is 427 g/mol. The third-order valence-electron chi connectivity index (χ3n) is 5.70. The van der Waals surface area contributed by atoms with Crippen LogP contribution in [-0.4, -0.2) is 26.6 Å². The molecule has 0 aliphatic heterocycles. The summed E-state index contributed by atoms with van der Waals surface area (Å²) in [5.41, 5.74) is 8.51. The summed E-state index contributed by atoms with van der Waals surface area (Å²) in [6.45, 7) is 1.64. The summed E-state index contributed by atoms with van der Waals surface area (Å²) < 4.78 is 19.8. The van der Waals surface area contributed by atoms with Crippen LogP contribution in [0.5, 0.6) is 0 Å². The molecule has 1 aromatic carbocycles.